The molecule has 4 rings (SSSR count). The van der Waals surface area contributed by atoms with Gasteiger partial charge in [0.15, 0.2) is 0 Å². The summed E-state index contributed by atoms with van der Waals surface area (Å²) in [5, 5.41) is 5.41. The van der Waals surface area contributed by atoms with Gasteiger partial charge in [-0.1, -0.05) is 36.4 Å². The van der Waals surface area contributed by atoms with Crippen molar-refractivity contribution >= 4 is 32.3 Å². The van der Waals surface area contributed by atoms with Gasteiger partial charge in [-0.05, 0) is 56.6 Å². The second-order valence-electron chi connectivity index (χ2n) is 5.75. The highest BCUT2D eigenvalue weighted by molar-refractivity contribution is 6.17. The number of alkyl halides is 3. The lowest BCUT2D eigenvalue weighted by molar-refractivity contribution is -0.137. The average Bonchev–Trinajstić information content (AvgIpc) is 2.59. The average molecular weight is 326 g/mol. The molecule has 0 aliphatic rings. The highest BCUT2D eigenvalue weighted by atomic mass is 19.4. The predicted octanol–water partition coefficient (Wildman–Crippen LogP) is 6.17. The molecule has 0 unspecified atom stereocenters. The summed E-state index contributed by atoms with van der Waals surface area (Å²) in [5.74, 6) is 0.752. The third kappa shape index (κ3) is 2.26. The molecule has 0 spiro atoms. The van der Waals surface area contributed by atoms with E-state index in [0.717, 1.165) is 38.7 Å². The van der Waals surface area contributed by atoms with Crippen molar-refractivity contribution in [3.63, 3.8) is 0 Å². The first kappa shape index (κ1) is 14.8. The number of fused-ring (bicyclic) bond motifs is 5. The van der Waals surface area contributed by atoms with Crippen molar-refractivity contribution in [1.82, 2.24) is 0 Å². The molecular formula is C20H13F3O. The van der Waals surface area contributed by atoms with Crippen molar-refractivity contribution in [2.45, 2.75) is 6.18 Å². The molecule has 1 nitrogen and oxygen atoms in total. The van der Waals surface area contributed by atoms with Crippen LogP contribution in [0.15, 0.2) is 60.7 Å². The van der Waals surface area contributed by atoms with Gasteiger partial charge in [0.2, 0.25) is 0 Å². The molecule has 0 radical (unpaired) electrons. The van der Waals surface area contributed by atoms with Gasteiger partial charge in [-0.2, -0.15) is 13.2 Å². The van der Waals surface area contributed by atoms with Gasteiger partial charge in [-0.3, -0.25) is 0 Å². The second kappa shape index (κ2) is 5.13. The minimum Gasteiger partial charge on any atom is -0.497 e. The lowest BCUT2D eigenvalue weighted by Crippen LogP contribution is -2.04. The predicted molar refractivity (Wildman–Crippen MR) is 90.5 cm³/mol. The van der Waals surface area contributed by atoms with Crippen molar-refractivity contribution in [1.29, 1.82) is 0 Å². The number of ether oxygens (including phenoxy) is 1. The van der Waals surface area contributed by atoms with Crippen LogP contribution in [0.4, 0.5) is 13.2 Å². The molecule has 24 heavy (non-hydrogen) atoms. The number of hydrogen-bond acceptors (Lipinski definition) is 1. The first-order chi connectivity index (χ1) is 11.5. The normalized spacial score (nSPS) is 12.2. The van der Waals surface area contributed by atoms with Crippen molar-refractivity contribution in [2.75, 3.05) is 7.11 Å². The Hall–Kier alpha value is -2.75. The second-order valence-corrected chi connectivity index (χ2v) is 5.75. The highest BCUT2D eigenvalue weighted by Gasteiger charge is 2.30. The number of benzene rings is 4. The van der Waals surface area contributed by atoms with Crippen LogP contribution >= 0.6 is 0 Å². The molecule has 0 aromatic heterocycles. The Kier molecular flexibility index (Phi) is 3.17. The van der Waals surface area contributed by atoms with Gasteiger partial charge < -0.3 is 4.74 Å². The van der Waals surface area contributed by atoms with Crippen molar-refractivity contribution in [3.8, 4) is 5.75 Å². The van der Waals surface area contributed by atoms with Crippen molar-refractivity contribution in [3.05, 3.63) is 66.2 Å². The Morgan fingerprint density at radius 2 is 1.29 bits per heavy atom. The quantitative estimate of drug-likeness (QED) is 0.380. The molecular weight excluding hydrogens is 313 g/mol. The monoisotopic (exact) mass is 326 g/mol. The molecule has 0 N–H and O–H groups in total. The van der Waals surface area contributed by atoms with Crippen LogP contribution in [-0.4, -0.2) is 7.11 Å². The fourth-order valence-corrected chi connectivity index (χ4v) is 3.16. The SMILES string of the molecule is COc1ccc2ccc3c4ccc(C(F)(F)F)cc4ccc3c2c1. The molecule has 4 heteroatoms. The van der Waals surface area contributed by atoms with Crippen LogP contribution in [0.25, 0.3) is 32.3 Å². The van der Waals surface area contributed by atoms with Crippen molar-refractivity contribution < 1.29 is 17.9 Å². The van der Waals surface area contributed by atoms with Crippen LogP contribution in [0.1, 0.15) is 5.56 Å². The highest BCUT2D eigenvalue weighted by Crippen LogP contribution is 2.36. The maximum atomic E-state index is 12.9. The molecule has 0 bridgehead atoms. The summed E-state index contributed by atoms with van der Waals surface area (Å²) in [6.07, 6.45) is -4.33. The molecule has 0 aliphatic carbocycles. The Morgan fingerprint density at radius 3 is 2.00 bits per heavy atom. The largest absolute Gasteiger partial charge is 0.497 e. The van der Waals surface area contributed by atoms with E-state index in [1.807, 2.05) is 36.4 Å². The molecule has 0 atom stereocenters. The van der Waals surface area contributed by atoms with E-state index in [2.05, 4.69) is 0 Å². The molecule has 0 amide bonds. The lowest BCUT2D eigenvalue weighted by atomic mass is 9.96. The number of methoxy groups -OCH3 is 1. The van der Waals surface area contributed by atoms with Crippen LogP contribution in [-0.2, 0) is 6.18 Å². The van der Waals surface area contributed by atoms with E-state index in [4.69, 9.17) is 4.74 Å². The van der Waals surface area contributed by atoms with Gasteiger partial charge in [0.05, 0.1) is 12.7 Å². The fourth-order valence-electron chi connectivity index (χ4n) is 3.16. The van der Waals surface area contributed by atoms with Gasteiger partial charge in [0.1, 0.15) is 5.75 Å². The van der Waals surface area contributed by atoms with E-state index in [1.54, 1.807) is 19.2 Å². The third-order valence-electron chi connectivity index (χ3n) is 4.37. The van der Waals surface area contributed by atoms with E-state index < -0.39 is 11.7 Å². The molecule has 120 valence electrons. The summed E-state index contributed by atoms with van der Waals surface area (Å²) >= 11 is 0. The summed E-state index contributed by atoms with van der Waals surface area (Å²) in [6.45, 7) is 0. The smallest absolute Gasteiger partial charge is 0.416 e. The third-order valence-corrected chi connectivity index (χ3v) is 4.37. The topological polar surface area (TPSA) is 9.23 Å². The summed E-state index contributed by atoms with van der Waals surface area (Å²) in [5.41, 5.74) is -0.628. The summed E-state index contributed by atoms with van der Waals surface area (Å²) < 4.78 is 44.0. The number of halogens is 3. The van der Waals surface area contributed by atoms with E-state index in [-0.39, 0.29) is 0 Å². The van der Waals surface area contributed by atoms with Crippen molar-refractivity contribution in [2.24, 2.45) is 0 Å². The minimum atomic E-state index is -4.33. The minimum absolute atomic E-state index is 0.583. The van der Waals surface area contributed by atoms with E-state index in [1.165, 1.54) is 6.07 Å². The van der Waals surface area contributed by atoms with Crippen LogP contribution in [0.3, 0.4) is 0 Å². The molecule has 0 aliphatic heterocycles. The summed E-state index contributed by atoms with van der Waals surface area (Å²) in [4.78, 5) is 0. The number of rotatable bonds is 1. The Balaban J connectivity index is 2.06. The fraction of sp³-hybridized carbons (Fsp3) is 0.100. The van der Waals surface area contributed by atoms with Gasteiger partial charge >= 0.3 is 6.18 Å². The molecule has 0 fully saturated rings. The summed E-state index contributed by atoms with van der Waals surface area (Å²) in [7, 11) is 1.61. The van der Waals surface area contributed by atoms with E-state index in [0.29, 0.717) is 5.39 Å². The van der Waals surface area contributed by atoms with Gasteiger partial charge in [-0.25, -0.2) is 0 Å². The van der Waals surface area contributed by atoms with Gasteiger partial charge in [0, 0.05) is 0 Å². The Bertz CT molecular complexity index is 1080. The lowest BCUT2D eigenvalue weighted by Gasteiger charge is -2.11. The van der Waals surface area contributed by atoms with E-state index >= 15 is 0 Å². The molecule has 0 saturated heterocycles. The first-order valence-corrected chi connectivity index (χ1v) is 7.48. The number of hydrogen-bond donors (Lipinski definition) is 0. The zero-order chi connectivity index (χ0) is 16.9. The standard InChI is InChI=1S/C20H13F3O/c1-24-15-6-2-12-3-7-17-16-9-5-14(20(21,22)23)10-13(16)4-8-18(17)19(12)11-15/h2-11H,1H3. The molecule has 4 aromatic rings. The first-order valence-electron chi connectivity index (χ1n) is 7.48. The van der Waals surface area contributed by atoms with Crippen LogP contribution in [0.2, 0.25) is 0 Å². The van der Waals surface area contributed by atoms with Crippen LogP contribution in [0.5, 0.6) is 5.75 Å². The molecule has 0 heterocycles. The Labute approximate surface area is 136 Å². The van der Waals surface area contributed by atoms with Crippen LogP contribution < -0.4 is 4.74 Å². The van der Waals surface area contributed by atoms with Gasteiger partial charge in [0.25, 0.3) is 0 Å². The molecule has 0 saturated carbocycles. The summed E-state index contributed by atoms with van der Waals surface area (Å²) in [6, 6.07) is 17.3. The maximum absolute atomic E-state index is 12.9. The zero-order valence-electron chi connectivity index (χ0n) is 12.8. The zero-order valence-corrected chi connectivity index (χ0v) is 12.8. The van der Waals surface area contributed by atoms with Crippen LogP contribution in [0, 0.1) is 0 Å². The Morgan fingerprint density at radius 1 is 0.667 bits per heavy atom. The molecule has 4 aromatic carbocycles. The van der Waals surface area contributed by atoms with E-state index in [9.17, 15) is 13.2 Å². The maximum Gasteiger partial charge on any atom is 0.416 e. The van der Waals surface area contributed by atoms with Gasteiger partial charge in [-0.15, -0.1) is 0 Å².